The van der Waals surface area contributed by atoms with Crippen LogP contribution in [-0.4, -0.2) is 18.0 Å². The highest BCUT2D eigenvalue weighted by Gasteiger charge is 2.09. The van der Waals surface area contributed by atoms with Crippen LogP contribution in [0.1, 0.15) is 11.1 Å². The van der Waals surface area contributed by atoms with E-state index in [0.29, 0.717) is 0 Å². The smallest absolute Gasteiger partial charge is 0.161 e. The van der Waals surface area contributed by atoms with Gasteiger partial charge in [-0.1, -0.05) is 41.6 Å². The third kappa shape index (κ3) is 2.42. The molecule has 0 radical (unpaired) electrons. The predicted molar refractivity (Wildman–Crippen MR) is 68.1 cm³/mol. The predicted octanol–water partition coefficient (Wildman–Crippen LogP) is 2.66. The molecule has 0 aliphatic carbocycles. The van der Waals surface area contributed by atoms with Gasteiger partial charge < -0.3 is 5.32 Å². The van der Waals surface area contributed by atoms with Crippen LogP contribution in [0.4, 0.5) is 0 Å². The topological polar surface area (TPSA) is 24.4 Å². The van der Waals surface area contributed by atoms with Crippen molar-refractivity contribution in [1.82, 2.24) is 5.32 Å². The Bertz CT molecular complexity index is 404. The van der Waals surface area contributed by atoms with Crippen LogP contribution in [0.25, 0.3) is 5.70 Å². The Labute approximate surface area is 94.5 Å². The number of benzene rings is 1. The molecule has 2 rings (SSSR count). The average Bonchev–Trinajstić information content (AvgIpc) is 2.30. The lowest BCUT2D eigenvalue weighted by molar-refractivity contribution is 1.26. The molecule has 3 heteroatoms. The van der Waals surface area contributed by atoms with E-state index in [1.807, 2.05) is 7.05 Å². The summed E-state index contributed by atoms with van der Waals surface area (Å²) in [5.74, 6) is 0.989. The summed E-state index contributed by atoms with van der Waals surface area (Å²) in [7, 11) is 1.81. The van der Waals surface area contributed by atoms with Crippen LogP contribution in [0, 0.1) is 6.92 Å². The first kappa shape index (κ1) is 10.3. The van der Waals surface area contributed by atoms with Crippen LogP contribution in [0.2, 0.25) is 0 Å². The lowest BCUT2D eigenvalue weighted by Gasteiger charge is -2.17. The van der Waals surface area contributed by atoms with Gasteiger partial charge in [-0.25, -0.2) is 0 Å². The third-order valence-corrected chi connectivity index (χ3v) is 3.21. The van der Waals surface area contributed by atoms with E-state index in [2.05, 4.69) is 47.6 Å². The number of nitrogens with zero attached hydrogens (tertiary/aromatic N) is 1. The fraction of sp³-hybridized carbons (Fsp3) is 0.250. The molecule has 0 atom stereocenters. The van der Waals surface area contributed by atoms with Crippen molar-refractivity contribution in [2.45, 2.75) is 6.92 Å². The maximum absolute atomic E-state index is 4.17. The molecule has 1 N–H and O–H groups in total. The van der Waals surface area contributed by atoms with Crippen LogP contribution in [0.15, 0.2) is 35.3 Å². The molecular weight excluding hydrogens is 204 g/mol. The number of aliphatic imine (C=N–C) groups is 1. The molecule has 15 heavy (non-hydrogen) atoms. The average molecular weight is 218 g/mol. The van der Waals surface area contributed by atoms with Crippen molar-refractivity contribution in [3.63, 3.8) is 0 Å². The van der Waals surface area contributed by atoms with Crippen molar-refractivity contribution in [1.29, 1.82) is 0 Å². The van der Waals surface area contributed by atoms with Gasteiger partial charge in [-0.05, 0) is 18.6 Å². The molecule has 1 aromatic carbocycles. The molecule has 0 saturated carbocycles. The summed E-state index contributed by atoms with van der Waals surface area (Å²) in [6, 6.07) is 8.53. The van der Waals surface area contributed by atoms with E-state index < -0.39 is 0 Å². The van der Waals surface area contributed by atoms with Gasteiger partial charge in [0.05, 0.1) is 0 Å². The van der Waals surface area contributed by atoms with Crippen molar-refractivity contribution in [2.75, 3.05) is 12.8 Å². The fourth-order valence-electron chi connectivity index (χ4n) is 1.45. The minimum absolute atomic E-state index is 0.989. The zero-order chi connectivity index (χ0) is 10.7. The molecule has 0 spiro atoms. The Morgan fingerprint density at radius 2 is 2.00 bits per heavy atom. The van der Waals surface area contributed by atoms with Gasteiger partial charge in [0.2, 0.25) is 0 Å². The molecule has 1 heterocycles. The number of nitrogens with one attached hydrogen (secondary N) is 1. The zero-order valence-corrected chi connectivity index (χ0v) is 9.77. The van der Waals surface area contributed by atoms with E-state index in [-0.39, 0.29) is 0 Å². The second-order valence-corrected chi connectivity index (χ2v) is 4.46. The van der Waals surface area contributed by atoms with E-state index >= 15 is 0 Å². The second-order valence-electron chi connectivity index (χ2n) is 3.45. The van der Waals surface area contributed by atoms with Crippen LogP contribution < -0.4 is 5.32 Å². The SMILES string of the molecule is CN=C1NC(c2ccc(C)cc2)=CCS1. The van der Waals surface area contributed by atoms with E-state index in [1.165, 1.54) is 11.1 Å². The molecule has 0 saturated heterocycles. The molecule has 0 unspecified atom stereocenters. The Hall–Kier alpha value is -1.22. The standard InChI is InChI=1S/C12H14N2S/c1-9-3-5-10(6-4-9)11-7-8-15-12(13-2)14-11/h3-7H,8H2,1-2H3,(H,13,14). The maximum atomic E-state index is 4.17. The summed E-state index contributed by atoms with van der Waals surface area (Å²) in [5.41, 5.74) is 3.67. The Kier molecular flexibility index (Phi) is 3.11. The Balaban J connectivity index is 2.24. The number of hydrogen-bond donors (Lipinski definition) is 1. The van der Waals surface area contributed by atoms with E-state index in [0.717, 1.165) is 16.6 Å². The lowest BCUT2D eigenvalue weighted by atomic mass is 10.1. The first-order chi connectivity index (χ1) is 7.29. The minimum Gasteiger partial charge on any atom is -0.335 e. The summed E-state index contributed by atoms with van der Waals surface area (Å²) in [4.78, 5) is 4.17. The van der Waals surface area contributed by atoms with Gasteiger partial charge in [0, 0.05) is 18.5 Å². The Morgan fingerprint density at radius 3 is 2.67 bits per heavy atom. The maximum Gasteiger partial charge on any atom is 0.161 e. The van der Waals surface area contributed by atoms with E-state index in [1.54, 1.807) is 11.8 Å². The van der Waals surface area contributed by atoms with Gasteiger partial charge in [-0.3, -0.25) is 4.99 Å². The molecule has 0 aromatic heterocycles. The summed E-state index contributed by atoms with van der Waals surface area (Å²) in [5, 5.41) is 4.31. The number of thioether (sulfide) groups is 1. The normalized spacial score (nSPS) is 18.5. The highest BCUT2D eigenvalue weighted by Crippen LogP contribution is 2.19. The molecule has 0 bridgehead atoms. The number of rotatable bonds is 1. The number of amidine groups is 1. The van der Waals surface area contributed by atoms with Crippen molar-refractivity contribution < 1.29 is 0 Å². The van der Waals surface area contributed by atoms with Crippen LogP contribution in [0.3, 0.4) is 0 Å². The highest BCUT2D eigenvalue weighted by atomic mass is 32.2. The number of hydrogen-bond acceptors (Lipinski definition) is 2. The zero-order valence-electron chi connectivity index (χ0n) is 8.95. The molecule has 2 nitrogen and oxygen atoms in total. The van der Waals surface area contributed by atoms with Crippen LogP contribution in [-0.2, 0) is 0 Å². The van der Waals surface area contributed by atoms with Gasteiger partial charge in [-0.2, -0.15) is 0 Å². The van der Waals surface area contributed by atoms with Gasteiger partial charge in [0.25, 0.3) is 0 Å². The van der Waals surface area contributed by atoms with Crippen molar-refractivity contribution in [3.05, 3.63) is 41.5 Å². The van der Waals surface area contributed by atoms with Crippen LogP contribution in [0.5, 0.6) is 0 Å². The summed E-state index contributed by atoms with van der Waals surface area (Å²) in [6.45, 7) is 2.10. The molecule has 1 aliphatic rings. The summed E-state index contributed by atoms with van der Waals surface area (Å²) >= 11 is 1.73. The highest BCUT2D eigenvalue weighted by molar-refractivity contribution is 8.14. The van der Waals surface area contributed by atoms with Crippen LogP contribution >= 0.6 is 11.8 Å². The van der Waals surface area contributed by atoms with Crippen molar-refractivity contribution >= 4 is 22.6 Å². The lowest BCUT2D eigenvalue weighted by Crippen LogP contribution is -2.22. The van der Waals surface area contributed by atoms with Gasteiger partial charge >= 0.3 is 0 Å². The monoisotopic (exact) mass is 218 g/mol. The van der Waals surface area contributed by atoms with Gasteiger partial charge in [0.15, 0.2) is 5.17 Å². The largest absolute Gasteiger partial charge is 0.335 e. The third-order valence-electron chi connectivity index (χ3n) is 2.31. The first-order valence-electron chi connectivity index (χ1n) is 4.93. The molecule has 1 aliphatic heterocycles. The molecule has 78 valence electrons. The van der Waals surface area contributed by atoms with Crippen molar-refractivity contribution in [2.24, 2.45) is 4.99 Å². The van der Waals surface area contributed by atoms with Gasteiger partial charge in [0.1, 0.15) is 0 Å². The first-order valence-corrected chi connectivity index (χ1v) is 5.92. The second kappa shape index (κ2) is 4.53. The molecule has 0 amide bonds. The van der Waals surface area contributed by atoms with E-state index in [4.69, 9.17) is 0 Å². The molecular formula is C12H14N2S. The van der Waals surface area contributed by atoms with Gasteiger partial charge in [-0.15, -0.1) is 0 Å². The number of aryl methyl sites for hydroxylation is 1. The Morgan fingerprint density at radius 1 is 1.27 bits per heavy atom. The van der Waals surface area contributed by atoms with Crippen molar-refractivity contribution in [3.8, 4) is 0 Å². The minimum atomic E-state index is 0.989. The fourth-order valence-corrected chi connectivity index (χ4v) is 2.17. The molecule has 1 aromatic rings. The molecule has 0 fully saturated rings. The quantitative estimate of drug-likeness (QED) is 0.783. The summed E-state index contributed by atoms with van der Waals surface area (Å²) < 4.78 is 0. The summed E-state index contributed by atoms with van der Waals surface area (Å²) in [6.07, 6.45) is 2.20. The van der Waals surface area contributed by atoms with E-state index in [9.17, 15) is 0 Å².